The van der Waals surface area contributed by atoms with Crippen molar-refractivity contribution in [3.8, 4) is 11.1 Å². The molecule has 0 aliphatic carbocycles. The Balaban J connectivity index is 0.000000372. The van der Waals surface area contributed by atoms with Gasteiger partial charge in [-0.15, -0.1) is 0 Å². The molecule has 5 amide bonds. The van der Waals surface area contributed by atoms with Gasteiger partial charge in [-0.1, -0.05) is 103 Å². The van der Waals surface area contributed by atoms with Crippen molar-refractivity contribution < 1.29 is 28.8 Å². The van der Waals surface area contributed by atoms with Gasteiger partial charge in [-0.3, -0.25) is 24.0 Å². The molecule has 2 heterocycles. The molecule has 0 unspecified atom stereocenters. The Labute approximate surface area is 297 Å². The molecule has 0 radical (unpaired) electrons. The van der Waals surface area contributed by atoms with E-state index in [4.69, 9.17) is 0 Å². The van der Waals surface area contributed by atoms with Crippen LogP contribution in [0.2, 0.25) is 0 Å². The van der Waals surface area contributed by atoms with Crippen molar-refractivity contribution in [1.29, 1.82) is 0 Å². The van der Waals surface area contributed by atoms with Crippen molar-refractivity contribution in [2.75, 3.05) is 11.9 Å². The number of hydrogen-bond acceptors (Lipinski definition) is 6. The molecule has 11 heteroatoms. The summed E-state index contributed by atoms with van der Waals surface area (Å²) in [6.07, 6.45) is 0.767. The molecule has 2 aliphatic rings. The standard InChI is InChI=1S/C27H31N5O6.C13H12/c1-17-26(37)28-15-25(36)32-22(14-18-5-3-2-4-6-18)27(38)31-21(16-33)13-19-7-9-20(10-8-19)30-24(35)12-11-23(34)29-17;1-11-7-9-13(10-8-11)12-5-3-2-4-6-12/h2-10,16-17,21-22H,11-15H2,1H3,(H,28,37)(H,29,34)(H,30,35)(H,31,38)(H,32,36);2-10H,1H3/t17-,21+,22-;/m1./s1. The minimum Gasteiger partial charge on any atom is -0.345 e. The molecule has 0 saturated heterocycles. The number of nitrogens with one attached hydrogen (secondary N) is 5. The summed E-state index contributed by atoms with van der Waals surface area (Å²) in [4.78, 5) is 74.3. The Morgan fingerprint density at radius 1 is 0.647 bits per heavy atom. The number of amides is 5. The first-order valence-corrected chi connectivity index (χ1v) is 16.8. The zero-order chi connectivity index (χ0) is 36.6. The van der Waals surface area contributed by atoms with Crippen LogP contribution in [0.1, 0.15) is 36.5 Å². The summed E-state index contributed by atoms with van der Waals surface area (Å²) in [7, 11) is 0. The van der Waals surface area contributed by atoms with Gasteiger partial charge in [-0.2, -0.15) is 0 Å². The summed E-state index contributed by atoms with van der Waals surface area (Å²) < 4.78 is 0. The van der Waals surface area contributed by atoms with Crippen molar-refractivity contribution in [1.82, 2.24) is 21.3 Å². The van der Waals surface area contributed by atoms with Gasteiger partial charge in [0.1, 0.15) is 18.4 Å². The molecule has 0 spiro atoms. The van der Waals surface area contributed by atoms with Crippen LogP contribution in [0.3, 0.4) is 0 Å². The van der Waals surface area contributed by atoms with Gasteiger partial charge < -0.3 is 31.4 Å². The molecule has 2 aliphatic heterocycles. The predicted octanol–water partition coefficient (Wildman–Crippen LogP) is 3.66. The highest BCUT2D eigenvalue weighted by Gasteiger charge is 2.25. The maximum atomic E-state index is 13.1. The molecule has 11 nitrogen and oxygen atoms in total. The Morgan fingerprint density at radius 2 is 1.25 bits per heavy atom. The fourth-order valence-corrected chi connectivity index (χ4v) is 5.23. The molecule has 51 heavy (non-hydrogen) atoms. The maximum Gasteiger partial charge on any atom is 0.243 e. The molecular weight excluding hydrogens is 646 g/mol. The summed E-state index contributed by atoms with van der Waals surface area (Å²) >= 11 is 0. The van der Waals surface area contributed by atoms with Gasteiger partial charge in [0.2, 0.25) is 29.5 Å². The quantitative estimate of drug-likeness (QED) is 0.162. The average Bonchev–Trinajstić information content (AvgIpc) is 3.14. The second kappa shape index (κ2) is 19.2. The molecule has 5 N–H and O–H groups in total. The highest BCUT2D eigenvalue weighted by molar-refractivity contribution is 5.95. The van der Waals surface area contributed by atoms with Crippen LogP contribution in [0.15, 0.2) is 109 Å². The van der Waals surface area contributed by atoms with Gasteiger partial charge in [0, 0.05) is 24.9 Å². The van der Waals surface area contributed by atoms with Crippen molar-refractivity contribution >= 4 is 41.5 Å². The van der Waals surface area contributed by atoms with E-state index < -0.39 is 48.3 Å². The highest BCUT2D eigenvalue weighted by Crippen LogP contribution is 2.18. The first kappa shape index (κ1) is 37.7. The third kappa shape index (κ3) is 12.7. The van der Waals surface area contributed by atoms with Gasteiger partial charge in [0.15, 0.2) is 0 Å². The first-order chi connectivity index (χ1) is 24.6. The maximum absolute atomic E-state index is 13.1. The zero-order valence-electron chi connectivity index (χ0n) is 28.7. The van der Waals surface area contributed by atoms with Gasteiger partial charge in [0.25, 0.3) is 0 Å². The van der Waals surface area contributed by atoms with E-state index >= 15 is 0 Å². The molecule has 2 bridgehead atoms. The van der Waals surface area contributed by atoms with Gasteiger partial charge in [-0.05, 0) is 54.7 Å². The highest BCUT2D eigenvalue weighted by atomic mass is 16.2. The summed E-state index contributed by atoms with van der Waals surface area (Å²) in [6, 6.07) is 32.0. The third-order valence-electron chi connectivity index (χ3n) is 8.05. The van der Waals surface area contributed by atoms with Crippen LogP contribution in [0.5, 0.6) is 0 Å². The van der Waals surface area contributed by atoms with Crippen LogP contribution in [-0.2, 0) is 41.6 Å². The number of carbonyl (C=O) groups is 6. The topological polar surface area (TPSA) is 163 Å². The summed E-state index contributed by atoms with van der Waals surface area (Å²) in [5, 5.41) is 12.9. The molecule has 0 aromatic heterocycles. The number of carbonyl (C=O) groups excluding carboxylic acids is 6. The number of hydrogen-bond donors (Lipinski definition) is 5. The Hall–Kier alpha value is -6.10. The van der Waals surface area contributed by atoms with E-state index in [0.717, 1.165) is 11.1 Å². The van der Waals surface area contributed by atoms with E-state index in [1.807, 2.05) is 24.3 Å². The number of aryl methyl sites for hydroxylation is 1. The largest absolute Gasteiger partial charge is 0.345 e. The number of anilines is 1. The van der Waals surface area contributed by atoms with Gasteiger partial charge in [-0.25, -0.2) is 0 Å². The first-order valence-electron chi connectivity index (χ1n) is 16.8. The molecule has 4 aromatic carbocycles. The number of aldehydes is 1. The average molecular weight is 690 g/mol. The molecule has 0 saturated carbocycles. The summed E-state index contributed by atoms with van der Waals surface area (Å²) in [5.74, 6) is -2.65. The van der Waals surface area contributed by atoms with Crippen molar-refractivity contribution in [2.45, 2.75) is 57.7 Å². The lowest BCUT2D eigenvalue weighted by molar-refractivity contribution is -0.132. The molecule has 0 fully saturated rings. The van der Waals surface area contributed by atoms with Crippen LogP contribution >= 0.6 is 0 Å². The Bertz CT molecular complexity index is 1780. The third-order valence-corrected chi connectivity index (χ3v) is 8.05. The molecule has 264 valence electrons. The predicted molar refractivity (Wildman–Crippen MR) is 195 cm³/mol. The smallest absolute Gasteiger partial charge is 0.243 e. The van der Waals surface area contributed by atoms with E-state index in [2.05, 4.69) is 82.0 Å². The monoisotopic (exact) mass is 689 g/mol. The van der Waals surface area contributed by atoms with Crippen LogP contribution in [0, 0.1) is 6.92 Å². The molecule has 6 rings (SSSR count). The fourth-order valence-electron chi connectivity index (χ4n) is 5.23. The second-order valence-corrected chi connectivity index (χ2v) is 12.2. The summed E-state index contributed by atoms with van der Waals surface area (Å²) in [5.41, 5.74) is 5.91. The minimum atomic E-state index is -1.01. The number of rotatable bonds is 4. The SMILES string of the molecule is C[C@H]1NC(=O)CCC(=O)Nc2ccc(cc2)C[C@@H](C=O)NC(=O)[C@@H](Cc2ccccc2)NC(=O)CNC1=O.Cc1ccc(-c2ccccc2)cc1. The lowest BCUT2D eigenvalue weighted by Gasteiger charge is -2.22. The second-order valence-electron chi connectivity index (χ2n) is 12.2. The summed E-state index contributed by atoms with van der Waals surface area (Å²) in [6.45, 7) is 3.13. The Kier molecular flexibility index (Phi) is 14.2. The van der Waals surface area contributed by atoms with E-state index in [9.17, 15) is 28.8 Å². The Morgan fingerprint density at radius 3 is 1.90 bits per heavy atom. The van der Waals surface area contributed by atoms with E-state index in [1.165, 1.54) is 23.6 Å². The molecular formula is C40H43N5O6. The van der Waals surface area contributed by atoms with Crippen LogP contribution in [0.25, 0.3) is 11.1 Å². The lowest BCUT2D eigenvalue weighted by atomic mass is 10.0. The normalized spacial score (nSPS) is 19.0. The van der Waals surface area contributed by atoms with Gasteiger partial charge >= 0.3 is 0 Å². The fraction of sp³-hybridized carbons (Fsp3) is 0.250. The van der Waals surface area contributed by atoms with Crippen molar-refractivity contribution in [3.05, 3.63) is 126 Å². The van der Waals surface area contributed by atoms with Crippen LogP contribution < -0.4 is 26.6 Å². The molecule has 3 atom stereocenters. The van der Waals surface area contributed by atoms with Crippen molar-refractivity contribution in [3.63, 3.8) is 0 Å². The van der Waals surface area contributed by atoms with Crippen LogP contribution in [-0.4, -0.2) is 60.5 Å². The van der Waals surface area contributed by atoms with E-state index in [0.29, 0.717) is 12.0 Å². The van der Waals surface area contributed by atoms with Gasteiger partial charge in [0.05, 0.1) is 12.6 Å². The minimum absolute atomic E-state index is 0.0909. The van der Waals surface area contributed by atoms with E-state index in [1.54, 1.807) is 36.4 Å². The number of fused-ring (bicyclic) bond motifs is 18. The van der Waals surface area contributed by atoms with E-state index in [-0.39, 0.29) is 31.6 Å². The lowest BCUT2D eigenvalue weighted by Crippen LogP contribution is -2.54. The number of benzene rings is 4. The van der Waals surface area contributed by atoms with Crippen molar-refractivity contribution in [2.24, 2.45) is 0 Å². The zero-order valence-corrected chi connectivity index (χ0v) is 28.7. The van der Waals surface area contributed by atoms with Crippen LogP contribution in [0.4, 0.5) is 5.69 Å². The molecule has 4 aromatic rings.